The maximum atomic E-state index is 5.68. The molecule has 0 saturated carbocycles. The second-order valence-electron chi connectivity index (χ2n) is 6.18. The number of nitrogens with zero attached hydrogens (tertiary/aromatic N) is 1. The van der Waals surface area contributed by atoms with Crippen LogP contribution in [0.15, 0.2) is 18.3 Å². The summed E-state index contributed by atoms with van der Waals surface area (Å²) >= 11 is 0. The van der Waals surface area contributed by atoms with Gasteiger partial charge in [0.2, 0.25) is 0 Å². The lowest BCUT2D eigenvalue weighted by molar-refractivity contribution is 0.242. The van der Waals surface area contributed by atoms with Gasteiger partial charge in [0, 0.05) is 12.6 Å². The van der Waals surface area contributed by atoms with Crippen molar-refractivity contribution in [1.82, 2.24) is 10.3 Å². The van der Waals surface area contributed by atoms with E-state index in [1.54, 1.807) is 6.20 Å². The van der Waals surface area contributed by atoms with Crippen molar-refractivity contribution in [3.63, 3.8) is 0 Å². The smallest absolute Gasteiger partial charge is 0.137 e. The summed E-state index contributed by atoms with van der Waals surface area (Å²) in [6.07, 6.45) is 2.85. The van der Waals surface area contributed by atoms with Crippen molar-refractivity contribution >= 4 is 0 Å². The van der Waals surface area contributed by atoms with Crippen LogP contribution < -0.4 is 10.1 Å². The Morgan fingerprint density at radius 3 is 2.50 bits per heavy atom. The Morgan fingerprint density at radius 1 is 1.28 bits per heavy atom. The van der Waals surface area contributed by atoms with E-state index in [-0.39, 0.29) is 0 Å². The van der Waals surface area contributed by atoms with Gasteiger partial charge in [0.05, 0.1) is 18.5 Å². The van der Waals surface area contributed by atoms with Crippen LogP contribution in [0.3, 0.4) is 0 Å². The van der Waals surface area contributed by atoms with E-state index < -0.39 is 0 Å². The van der Waals surface area contributed by atoms with Crippen molar-refractivity contribution in [1.29, 1.82) is 0 Å². The molecule has 1 aromatic rings. The lowest BCUT2D eigenvalue weighted by atomic mass is 9.93. The van der Waals surface area contributed by atoms with Gasteiger partial charge in [0.15, 0.2) is 0 Å². The predicted octanol–water partition coefficient (Wildman–Crippen LogP) is 3.39. The van der Waals surface area contributed by atoms with Gasteiger partial charge in [-0.2, -0.15) is 0 Å². The van der Waals surface area contributed by atoms with Crippen LogP contribution in [0.25, 0.3) is 0 Å². The molecule has 0 radical (unpaired) electrons. The average molecular weight is 250 g/mol. The Kier molecular flexibility index (Phi) is 5.60. The number of hydrogen-bond donors (Lipinski definition) is 1. The standard InChI is InChI=1S/C15H26N2O/c1-12(2)16-10-13-6-7-14(11-17-13)18-9-8-15(3,4)5/h6-7,11-12,16H,8-10H2,1-5H3. The van der Waals surface area contributed by atoms with E-state index in [0.29, 0.717) is 11.5 Å². The van der Waals surface area contributed by atoms with Crippen LogP contribution >= 0.6 is 0 Å². The molecule has 3 nitrogen and oxygen atoms in total. The van der Waals surface area contributed by atoms with Crippen LogP contribution in [-0.4, -0.2) is 17.6 Å². The topological polar surface area (TPSA) is 34.1 Å². The number of pyridine rings is 1. The third-order valence-electron chi connectivity index (χ3n) is 2.61. The molecule has 0 atom stereocenters. The van der Waals surface area contributed by atoms with Gasteiger partial charge < -0.3 is 10.1 Å². The van der Waals surface area contributed by atoms with E-state index in [9.17, 15) is 0 Å². The first kappa shape index (κ1) is 15.0. The molecule has 0 fully saturated rings. The van der Waals surface area contributed by atoms with E-state index in [4.69, 9.17) is 4.74 Å². The summed E-state index contributed by atoms with van der Waals surface area (Å²) in [4.78, 5) is 4.38. The summed E-state index contributed by atoms with van der Waals surface area (Å²) in [7, 11) is 0. The van der Waals surface area contributed by atoms with Gasteiger partial charge in [0.25, 0.3) is 0 Å². The molecule has 1 aromatic heterocycles. The average Bonchev–Trinajstić information content (AvgIpc) is 2.26. The molecule has 0 saturated heterocycles. The lowest BCUT2D eigenvalue weighted by Crippen LogP contribution is -2.22. The number of ether oxygens (including phenoxy) is 1. The number of nitrogens with one attached hydrogen (secondary N) is 1. The first-order chi connectivity index (χ1) is 8.37. The first-order valence-corrected chi connectivity index (χ1v) is 6.68. The number of hydrogen-bond acceptors (Lipinski definition) is 3. The second-order valence-corrected chi connectivity index (χ2v) is 6.18. The van der Waals surface area contributed by atoms with Gasteiger partial charge in [-0.05, 0) is 24.0 Å². The van der Waals surface area contributed by atoms with Crippen molar-refractivity contribution in [3.05, 3.63) is 24.0 Å². The summed E-state index contributed by atoms with van der Waals surface area (Å²) in [6, 6.07) is 4.49. The lowest BCUT2D eigenvalue weighted by Gasteiger charge is -2.18. The second kappa shape index (κ2) is 6.74. The monoisotopic (exact) mass is 250 g/mol. The molecule has 18 heavy (non-hydrogen) atoms. The molecule has 1 rings (SSSR count). The highest BCUT2D eigenvalue weighted by molar-refractivity contribution is 5.19. The third-order valence-corrected chi connectivity index (χ3v) is 2.61. The van der Waals surface area contributed by atoms with Crippen LogP contribution in [0.1, 0.15) is 46.7 Å². The normalized spacial score (nSPS) is 11.9. The molecular weight excluding hydrogens is 224 g/mol. The summed E-state index contributed by atoms with van der Waals surface area (Å²) < 4.78 is 5.68. The van der Waals surface area contributed by atoms with Crippen molar-refractivity contribution in [3.8, 4) is 5.75 Å². The van der Waals surface area contributed by atoms with Crippen molar-refractivity contribution < 1.29 is 4.74 Å². The molecule has 0 bridgehead atoms. The van der Waals surface area contributed by atoms with E-state index in [1.807, 2.05) is 12.1 Å². The zero-order valence-electron chi connectivity index (χ0n) is 12.3. The Balaban J connectivity index is 2.36. The van der Waals surface area contributed by atoms with Gasteiger partial charge in [-0.15, -0.1) is 0 Å². The SMILES string of the molecule is CC(C)NCc1ccc(OCCC(C)(C)C)cn1. The maximum Gasteiger partial charge on any atom is 0.137 e. The van der Waals surface area contributed by atoms with Gasteiger partial charge in [0.1, 0.15) is 5.75 Å². The van der Waals surface area contributed by atoms with Gasteiger partial charge in [-0.3, -0.25) is 4.98 Å². The molecule has 1 heterocycles. The minimum absolute atomic E-state index is 0.314. The summed E-state index contributed by atoms with van der Waals surface area (Å²) in [5.41, 5.74) is 1.36. The van der Waals surface area contributed by atoms with Crippen LogP contribution in [0.4, 0.5) is 0 Å². The van der Waals surface area contributed by atoms with Crippen molar-refractivity contribution in [2.75, 3.05) is 6.61 Å². The Hall–Kier alpha value is -1.09. The van der Waals surface area contributed by atoms with Crippen LogP contribution in [0.5, 0.6) is 5.75 Å². The summed E-state index contributed by atoms with van der Waals surface area (Å²) in [6.45, 7) is 12.5. The largest absolute Gasteiger partial charge is 0.492 e. The maximum absolute atomic E-state index is 5.68. The minimum atomic E-state index is 0.314. The molecule has 0 aliphatic heterocycles. The molecule has 0 aliphatic rings. The zero-order valence-corrected chi connectivity index (χ0v) is 12.3. The fourth-order valence-corrected chi connectivity index (χ4v) is 1.38. The fraction of sp³-hybridized carbons (Fsp3) is 0.667. The molecular formula is C15H26N2O. The molecule has 102 valence electrons. The van der Waals surface area contributed by atoms with E-state index >= 15 is 0 Å². The van der Waals surface area contributed by atoms with Crippen LogP contribution in [0, 0.1) is 5.41 Å². The Labute approximate surface area is 111 Å². The Bertz CT molecular complexity index is 339. The van der Waals surface area contributed by atoms with E-state index in [1.165, 1.54) is 0 Å². The highest BCUT2D eigenvalue weighted by Gasteiger charge is 2.09. The van der Waals surface area contributed by atoms with Gasteiger partial charge in [-0.25, -0.2) is 0 Å². The minimum Gasteiger partial charge on any atom is -0.492 e. The summed E-state index contributed by atoms with van der Waals surface area (Å²) in [5, 5.41) is 3.34. The predicted molar refractivity (Wildman–Crippen MR) is 75.8 cm³/mol. The number of aromatic nitrogens is 1. The molecule has 0 aliphatic carbocycles. The van der Waals surface area contributed by atoms with Crippen LogP contribution in [-0.2, 0) is 6.54 Å². The Morgan fingerprint density at radius 2 is 2.00 bits per heavy atom. The summed E-state index contributed by atoms with van der Waals surface area (Å²) in [5.74, 6) is 0.854. The van der Waals surface area contributed by atoms with E-state index in [2.05, 4.69) is 44.9 Å². The van der Waals surface area contributed by atoms with Gasteiger partial charge >= 0.3 is 0 Å². The van der Waals surface area contributed by atoms with Crippen LogP contribution in [0.2, 0.25) is 0 Å². The molecule has 1 N–H and O–H groups in total. The quantitative estimate of drug-likeness (QED) is 0.840. The highest BCUT2D eigenvalue weighted by Crippen LogP contribution is 2.19. The molecule has 0 aromatic carbocycles. The number of rotatable bonds is 6. The van der Waals surface area contributed by atoms with Crippen molar-refractivity contribution in [2.24, 2.45) is 5.41 Å². The third kappa shape index (κ3) is 6.60. The molecule has 0 spiro atoms. The van der Waals surface area contributed by atoms with Gasteiger partial charge in [-0.1, -0.05) is 34.6 Å². The molecule has 0 amide bonds. The van der Waals surface area contributed by atoms with Crippen molar-refractivity contribution in [2.45, 2.75) is 53.6 Å². The molecule has 0 unspecified atom stereocenters. The fourth-order valence-electron chi connectivity index (χ4n) is 1.38. The van der Waals surface area contributed by atoms with E-state index in [0.717, 1.165) is 31.0 Å². The molecule has 3 heteroatoms. The first-order valence-electron chi connectivity index (χ1n) is 6.68. The highest BCUT2D eigenvalue weighted by atomic mass is 16.5. The zero-order chi connectivity index (χ0) is 13.6.